The van der Waals surface area contributed by atoms with Crippen molar-refractivity contribution in [3.63, 3.8) is 0 Å². The molecule has 0 unspecified atom stereocenters. The Morgan fingerprint density at radius 2 is 2.22 bits per heavy atom. The van der Waals surface area contributed by atoms with E-state index in [1.165, 1.54) is 6.42 Å². The van der Waals surface area contributed by atoms with Gasteiger partial charge in [0.25, 0.3) is 0 Å². The molecule has 2 nitrogen and oxygen atoms in total. The van der Waals surface area contributed by atoms with Crippen LogP contribution >= 0.6 is 0 Å². The molecular formula is C7H16N2. The van der Waals surface area contributed by atoms with Crippen LogP contribution in [0.3, 0.4) is 0 Å². The van der Waals surface area contributed by atoms with Gasteiger partial charge in [0.1, 0.15) is 0 Å². The van der Waals surface area contributed by atoms with Gasteiger partial charge < -0.3 is 11.1 Å². The van der Waals surface area contributed by atoms with E-state index in [9.17, 15) is 0 Å². The highest BCUT2D eigenvalue weighted by molar-refractivity contribution is 4.84. The summed E-state index contributed by atoms with van der Waals surface area (Å²) in [6, 6.07) is 0. The molecule has 0 heterocycles. The van der Waals surface area contributed by atoms with Crippen molar-refractivity contribution in [1.82, 2.24) is 5.32 Å². The molecule has 0 amide bonds. The molecule has 0 rings (SSSR count). The van der Waals surface area contributed by atoms with Gasteiger partial charge in [0.05, 0.1) is 0 Å². The first-order valence-electron chi connectivity index (χ1n) is 3.47. The molecule has 0 saturated heterocycles. The van der Waals surface area contributed by atoms with Crippen molar-refractivity contribution in [2.45, 2.75) is 13.3 Å². The van der Waals surface area contributed by atoms with Crippen molar-refractivity contribution in [3.8, 4) is 0 Å². The maximum atomic E-state index is 5.23. The van der Waals surface area contributed by atoms with Crippen molar-refractivity contribution < 1.29 is 0 Å². The summed E-state index contributed by atoms with van der Waals surface area (Å²) in [6.07, 6.45) is 5.20. The van der Waals surface area contributed by atoms with E-state index in [1.807, 2.05) is 6.08 Å². The topological polar surface area (TPSA) is 38.0 Å². The van der Waals surface area contributed by atoms with Gasteiger partial charge in [-0.3, -0.25) is 0 Å². The monoisotopic (exact) mass is 128 g/mol. The molecule has 0 atom stereocenters. The Hall–Kier alpha value is -0.340. The maximum absolute atomic E-state index is 5.23. The lowest BCUT2D eigenvalue weighted by Gasteiger charge is -1.94. The van der Waals surface area contributed by atoms with Gasteiger partial charge in [0.2, 0.25) is 0 Å². The van der Waals surface area contributed by atoms with E-state index in [-0.39, 0.29) is 0 Å². The zero-order chi connectivity index (χ0) is 6.95. The molecule has 0 fully saturated rings. The van der Waals surface area contributed by atoms with Crippen LogP contribution < -0.4 is 11.1 Å². The molecule has 0 aromatic carbocycles. The van der Waals surface area contributed by atoms with E-state index in [0.29, 0.717) is 6.54 Å². The molecule has 54 valence electrons. The summed E-state index contributed by atoms with van der Waals surface area (Å²) in [4.78, 5) is 0. The predicted octanol–water partition coefficient (Wildman–Crippen LogP) is 0.501. The Morgan fingerprint density at radius 3 is 2.78 bits per heavy atom. The van der Waals surface area contributed by atoms with E-state index in [4.69, 9.17) is 5.73 Å². The predicted molar refractivity (Wildman–Crippen MR) is 41.4 cm³/mol. The Morgan fingerprint density at radius 1 is 1.44 bits per heavy atom. The van der Waals surface area contributed by atoms with Gasteiger partial charge >= 0.3 is 0 Å². The summed E-state index contributed by atoms with van der Waals surface area (Å²) in [6.45, 7) is 4.84. The highest BCUT2D eigenvalue weighted by atomic mass is 14.8. The Labute approximate surface area is 57.1 Å². The van der Waals surface area contributed by atoms with E-state index >= 15 is 0 Å². The van der Waals surface area contributed by atoms with Crippen molar-refractivity contribution >= 4 is 0 Å². The first-order chi connectivity index (χ1) is 4.41. The third-order valence-corrected chi connectivity index (χ3v) is 0.992. The molecule has 0 radical (unpaired) electrons. The average molecular weight is 128 g/mol. The van der Waals surface area contributed by atoms with Gasteiger partial charge in [-0.25, -0.2) is 0 Å². The fourth-order valence-electron chi connectivity index (χ4n) is 0.542. The lowest BCUT2D eigenvalue weighted by atomic mass is 10.4. The van der Waals surface area contributed by atoms with Crippen molar-refractivity contribution in [2.75, 3.05) is 19.6 Å². The second-order valence-corrected chi connectivity index (χ2v) is 1.91. The summed E-state index contributed by atoms with van der Waals surface area (Å²) in [7, 11) is 0. The van der Waals surface area contributed by atoms with E-state index in [1.54, 1.807) is 0 Å². The van der Waals surface area contributed by atoms with Gasteiger partial charge in [-0.05, 0) is 13.0 Å². The number of hydrogen-bond acceptors (Lipinski definition) is 2. The first kappa shape index (κ1) is 8.66. The largest absolute Gasteiger partial charge is 0.327 e. The third-order valence-electron chi connectivity index (χ3n) is 0.992. The highest BCUT2D eigenvalue weighted by Crippen LogP contribution is 1.70. The molecule has 0 aliphatic carbocycles. The summed E-state index contributed by atoms with van der Waals surface area (Å²) in [5.74, 6) is 0. The molecule has 0 aliphatic heterocycles. The smallest absolute Gasteiger partial charge is 0.0135 e. The molecule has 0 aromatic heterocycles. The van der Waals surface area contributed by atoms with Gasteiger partial charge in [0.15, 0.2) is 0 Å². The lowest BCUT2D eigenvalue weighted by molar-refractivity contribution is 0.728. The van der Waals surface area contributed by atoms with Gasteiger partial charge in [-0.15, -0.1) is 0 Å². The maximum Gasteiger partial charge on any atom is 0.0135 e. The van der Waals surface area contributed by atoms with Crippen molar-refractivity contribution in [1.29, 1.82) is 0 Å². The molecule has 0 spiro atoms. The lowest BCUT2D eigenvalue weighted by Crippen LogP contribution is -2.14. The SMILES string of the molecule is CCCNCC=CCN. The zero-order valence-corrected chi connectivity index (χ0v) is 6.06. The number of rotatable bonds is 5. The zero-order valence-electron chi connectivity index (χ0n) is 6.06. The summed E-state index contributed by atoms with van der Waals surface area (Å²) in [5, 5.41) is 3.23. The number of hydrogen-bond donors (Lipinski definition) is 2. The third kappa shape index (κ3) is 7.66. The normalized spacial score (nSPS) is 10.9. The minimum atomic E-state index is 0.647. The number of nitrogens with two attached hydrogens (primary N) is 1. The van der Waals surface area contributed by atoms with Crippen LogP contribution in [0.15, 0.2) is 12.2 Å². The Kier molecular flexibility index (Phi) is 7.37. The van der Waals surface area contributed by atoms with E-state index in [0.717, 1.165) is 13.1 Å². The Bertz CT molecular complexity index is 69.3. The van der Waals surface area contributed by atoms with Gasteiger partial charge in [0, 0.05) is 13.1 Å². The molecular weight excluding hydrogens is 112 g/mol. The molecule has 3 N–H and O–H groups in total. The van der Waals surface area contributed by atoms with E-state index in [2.05, 4.69) is 18.3 Å². The standard InChI is InChI=1S/C7H16N2/c1-2-6-9-7-4-3-5-8/h3-4,9H,2,5-8H2,1H3. The summed E-state index contributed by atoms with van der Waals surface area (Å²) >= 11 is 0. The van der Waals surface area contributed by atoms with Crippen LogP contribution in [0, 0.1) is 0 Å². The molecule has 0 bridgehead atoms. The van der Waals surface area contributed by atoms with Gasteiger partial charge in [-0.2, -0.15) is 0 Å². The van der Waals surface area contributed by atoms with Crippen LogP contribution in [0.5, 0.6) is 0 Å². The van der Waals surface area contributed by atoms with Crippen molar-refractivity contribution in [2.24, 2.45) is 5.73 Å². The fourth-order valence-corrected chi connectivity index (χ4v) is 0.542. The molecule has 2 heteroatoms. The highest BCUT2D eigenvalue weighted by Gasteiger charge is 1.75. The Balaban J connectivity index is 2.82. The molecule has 0 aliphatic rings. The summed E-state index contributed by atoms with van der Waals surface area (Å²) in [5.41, 5.74) is 5.23. The quantitative estimate of drug-likeness (QED) is 0.418. The minimum absolute atomic E-state index is 0.647. The minimum Gasteiger partial charge on any atom is -0.327 e. The molecule has 9 heavy (non-hydrogen) atoms. The van der Waals surface area contributed by atoms with Crippen LogP contribution in [-0.2, 0) is 0 Å². The molecule has 0 aromatic rings. The second kappa shape index (κ2) is 7.66. The van der Waals surface area contributed by atoms with E-state index < -0.39 is 0 Å². The fraction of sp³-hybridized carbons (Fsp3) is 0.714. The van der Waals surface area contributed by atoms with Crippen LogP contribution in [0.1, 0.15) is 13.3 Å². The van der Waals surface area contributed by atoms with Crippen LogP contribution in [-0.4, -0.2) is 19.6 Å². The number of nitrogens with one attached hydrogen (secondary N) is 1. The van der Waals surface area contributed by atoms with Gasteiger partial charge in [-0.1, -0.05) is 19.1 Å². The first-order valence-corrected chi connectivity index (χ1v) is 3.47. The average Bonchev–Trinajstić information content (AvgIpc) is 1.89. The van der Waals surface area contributed by atoms with Crippen LogP contribution in [0.25, 0.3) is 0 Å². The van der Waals surface area contributed by atoms with Crippen molar-refractivity contribution in [3.05, 3.63) is 12.2 Å². The second-order valence-electron chi connectivity index (χ2n) is 1.91. The molecule has 0 saturated carbocycles. The van der Waals surface area contributed by atoms with Crippen LogP contribution in [0.2, 0.25) is 0 Å². The van der Waals surface area contributed by atoms with Crippen LogP contribution in [0.4, 0.5) is 0 Å². The summed E-state index contributed by atoms with van der Waals surface area (Å²) < 4.78 is 0.